The minimum Gasteiger partial charge on any atom is -0.381 e. The van der Waals surface area contributed by atoms with Crippen molar-refractivity contribution in [2.24, 2.45) is 5.41 Å². The van der Waals surface area contributed by atoms with Crippen molar-refractivity contribution in [1.29, 1.82) is 0 Å². The Bertz CT molecular complexity index is 1270. The third-order valence-corrected chi connectivity index (χ3v) is 7.28. The number of benzene rings is 1. The number of H-pyrrole nitrogens is 1. The number of alkyl halides is 3. The number of pyridine rings is 1. The Kier molecular flexibility index (Phi) is 5.89. The fourth-order valence-electron chi connectivity index (χ4n) is 5.53. The second-order valence-electron chi connectivity index (χ2n) is 9.65. The van der Waals surface area contributed by atoms with E-state index in [0.29, 0.717) is 41.7 Å². The molecular weight excluding hydrogens is 461 g/mol. The minimum absolute atomic E-state index is 0.0771. The predicted octanol–water partition coefficient (Wildman–Crippen LogP) is 3.57. The molecule has 1 aromatic carbocycles. The zero-order chi connectivity index (χ0) is 25.0. The number of aromatic nitrogens is 3. The topological polar surface area (TPSA) is 87.2 Å². The number of nitrogens with one attached hydrogen (secondary N) is 3. The van der Waals surface area contributed by atoms with Gasteiger partial charge in [-0.2, -0.15) is 18.3 Å². The third kappa shape index (κ3) is 4.11. The molecule has 188 valence electrons. The summed E-state index contributed by atoms with van der Waals surface area (Å²) >= 11 is 0. The normalized spacial score (nSPS) is 25.3. The van der Waals surface area contributed by atoms with E-state index in [1.165, 1.54) is 26.2 Å². The number of halogens is 3. The summed E-state index contributed by atoms with van der Waals surface area (Å²) in [5, 5.41) is 11.7. The van der Waals surface area contributed by atoms with Gasteiger partial charge in [0.2, 0.25) is 0 Å². The monoisotopic (exact) mass is 490 g/mol. The van der Waals surface area contributed by atoms with Crippen molar-refractivity contribution >= 4 is 22.4 Å². The maximum atomic E-state index is 13.5. The predicted molar refractivity (Wildman–Crippen MR) is 127 cm³/mol. The largest absolute Gasteiger partial charge is 0.408 e. The highest BCUT2D eigenvalue weighted by Gasteiger charge is 2.62. The van der Waals surface area contributed by atoms with Crippen molar-refractivity contribution < 1.29 is 17.9 Å². The summed E-state index contributed by atoms with van der Waals surface area (Å²) < 4.78 is 48.2. The molecule has 8 nitrogen and oxygen atoms in total. The average molecular weight is 491 g/mol. The molecule has 2 aromatic heterocycles. The summed E-state index contributed by atoms with van der Waals surface area (Å²) in [6.45, 7) is 1.34. The van der Waals surface area contributed by atoms with Crippen LogP contribution in [0.5, 0.6) is 0 Å². The van der Waals surface area contributed by atoms with Crippen LogP contribution in [0.1, 0.15) is 30.5 Å². The first-order valence-corrected chi connectivity index (χ1v) is 11.6. The first-order chi connectivity index (χ1) is 16.7. The molecular formula is C24H29F3N6O2. The van der Waals surface area contributed by atoms with E-state index in [4.69, 9.17) is 9.84 Å². The standard InChI is InChI=1S/C24H29F3N6O2/c1-28-17-9-11-35-13-23(17)12-18(23)33-16-8-10-29-22(34)19(16)21(31-33)30-15-6-4-14(5-7-15)20(32(2)3)24(25,26)27/h4-8,10,17-18,20,28H,9,11-13H2,1-3H3,(H,29,34)(H,30,31)/t17-,18?,20?,23?/m0/s1. The van der Waals surface area contributed by atoms with Gasteiger partial charge in [-0.15, -0.1) is 0 Å². The molecule has 1 saturated carbocycles. The van der Waals surface area contributed by atoms with Crippen LogP contribution < -0.4 is 16.2 Å². The highest BCUT2D eigenvalue weighted by atomic mass is 19.4. The Balaban J connectivity index is 1.47. The SMILES string of the molecule is CN[C@H]1CCOCC12CC2n1nc(Nc2ccc(C(N(C)C)C(F)(F)F)cc2)c2c(=O)[nH]ccc21. The van der Waals surface area contributed by atoms with E-state index in [2.05, 4.69) is 15.6 Å². The van der Waals surface area contributed by atoms with Crippen molar-refractivity contribution in [3.63, 3.8) is 0 Å². The summed E-state index contributed by atoms with van der Waals surface area (Å²) in [7, 11) is 4.75. The molecule has 0 radical (unpaired) electrons. The molecule has 3 heterocycles. The molecule has 1 saturated heterocycles. The lowest BCUT2D eigenvalue weighted by Gasteiger charge is -2.32. The van der Waals surface area contributed by atoms with Crippen LogP contribution >= 0.6 is 0 Å². The maximum Gasteiger partial charge on any atom is 0.408 e. The van der Waals surface area contributed by atoms with Gasteiger partial charge >= 0.3 is 6.18 Å². The molecule has 4 atom stereocenters. The Labute approximate surface area is 200 Å². The minimum atomic E-state index is -4.39. The van der Waals surface area contributed by atoms with E-state index in [-0.39, 0.29) is 22.6 Å². The first kappa shape index (κ1) is 23.8. The molecule has 2 fully saturated rings. The number of fused-ring (bicyclic) bond motifs is 1. The lowest BCUT2D eigenvalue weighted by molar-refractivity contribution is -0.179. The van der Waals surface area contributed by atoms with Crippen LogP contribution in [-0.2, 0) is 4.74 Å². The highest BCUT2D eigenvalue weighted by Crippen LogP contribution is 2.61. The van der Waals surface area contributed by atoms with Gasteiger partial charge in [-0.05, 0) is 57.7 Å². The van der Waals surface area contributed by atoms with Gasteiger partial charge in [0.1, 0.15) is 11.4 Å². The van der Waals surface area contributed by atoms with Crippen molar-refractivity contribution in [2.45, 2.75) is 37.1 Å². The molecule has 5 rings (SSSR count). The summed E-state index contributed by atoms with van der Waals surface area (Å²) in [4.78, 5) is 16.6. The molecule has 1 spiro atoms. The Hall–Kier alpha value is -2.89. The van der Waals surface area contributed by atoms with Gasteiger partial charge in [0.05, 0.1) is 18.2 Å². The zero-order valence-corrected chi connectivity index (χ0v) is 19.8. The molecule has 0 bridgehead atoms. The fraction of sp³-hybridized carbons (Fsp3) is 0.500. The van der Waals surface area contributed by atoms with Crippen LogP contribution in [-0.4, -0.2) is 66.2 Å². The second-order valence-corrected chi connectivity index (χ2v) is 9.65. The van der Waals surface area contributed by atoms with Crippen LogP contribution in [0.4, 0.5) is 24.7 Å². The van der Waals surface area contributed by atoms with Crippen LogP contribution in [0.15, 0.2) is 41.3 Å². The number of nitrogens with zero attached hydrogens (tertiary/aromatic N) is 3. The number of hydrogen-bond acceptors (Lipinski definition) is 6. The number of ether oxygens (including phenoxy) is 1. The Morgan fingerprint density at radius 2 is 2.00 bits per heavy atom. The van der Waals surface area contributed by atoms with Gasteiger partial charge in [-0.25, -0.2) is 0 Å². The molecule has 35 heavy (non-hydrogen) atoms. The van der Waals surface area contributed by atoms with Gasteiger partial charge in [0, 0.05) is 29.9 Å². The zero-order valence-electron chi connectivity index (χ0n) is 19.8. The molecule has 3 unspecified atom stereocenters. The van der Waals surface area contributed by atoms with E-state index in [0.717, 1.165) is 17.7 Å². The van der Waals surface area contributed by atoms with Crippen LogP contribution in [0.3, 0.4) is 0 Å². The lowest BCUT2D eigenvalue weighted by Crippen LogP contribution is -2.44. The summed E-state index contributed by atoms with van der Waals surface area (Å²) in [6.07, 6.45) is -0.993. The van der Waals surface area contributed by atoms with Gasteiger partial charge < -0.3 is 20.4 Å². The third-order valence-electron chi connectivity index (χ3n) is 7.28. The van der Waals surface area contributed by atoms with E-state index in [9.17, 15) is 18.0 Å². The molecule has 3 N–H and O–H groups in total. The van der Waals surface area contributed by atoms with Gasteiger partial charge in [0.25, 0.3) is 5.56 Å². The maximum absolute atomic E-state index is 13.5. The van der Waals surface area contributed by atoms with E-state index in [1.807, 2.05) is 17.8 Å². The molecule has 3 aromatic rings. The quantitative estimate of drug-likeness (QED) is 0.490. The Morgan fingerprint density at radius 1 is 1.26 bits per heavy atom. The number of aromatic amines is 1. The van der Waals surface area contributed by atoms with Gasteiger partial charge in [0.15, 0.2) is 5.82 Å². The number of hydrogen-bond donors (Lipinski definition) is 3. The number of rotatable bonds is 6. The van der Waals surface area contributed by atoms with Crippen LogP contribution in [0, 0.1) is 5.41 Å². The van der Waals surface area contributed by atoms with E-state index >= 15 is 0 Å². The van der Waals surface area contributed by atoms with Gasteiger partial charge in [-0.1, -0.05) is 12.1 Å². The lowest BCUT2D eigenvalue weighted by atomic mass is 9.92. The van der Waals surface area contributed by atoms with Crippen molar-refractivity contribution in [2.75, 3.05) is 39.7 Å². The van der Waals surface area contributed by atoms with Crippen molar-refractivity contribution in [3.8, 4) is 0 Å². The fourth-order valence-corrected chi connectivity index (χ4v) is 5.53. The van der Waals surface area contributed by atoms with E-state index < -0.39 is 12.2 Å². The Morgan fingerprint density at radius 3 is 2.66 bits per heavy atom. The molecule has 11 heteroatoms. The highest BCUT2D eigenvalue weighted by molar-refractivity contribution is 5.91. The van der Waals surface area contributed by atoms with Crippen LogP contribution in [0.2, 0.25) is 0 Å². The molecule has 1 aliphatic heterocycles. The summed E-state index contributed by atoms with van der Waals surface area (Å²) in [5.41, 5.74) is 1.03. The van der Waals surface area contributed by atoms with Crippen molar-refractivity contribution in [1.82, 2.24) is 25.0 Å². The number of anilines is 2. The smallest absolute Gasteiger partial charge is 0.381 e. The van der Waals surface area contributed by atoms with Crippen molar-refractivity contribution in [3.05, 3.63) is 52.4 Å². The van der Waals surface area contributed by atoms with E-state index in [1.54, 1.807) is 18.3 Å². The molecule has 1 aliphatic carbocycles. The summed E-state index contributed by atoms with van der Waals surface area (Å²) in [5.74, 6) is 0.370. The summed E-state index contributed by atoms with van der Waals surface area (Å²) in [6, 6.07) is 6.53. The second kappa shape index (κ2) is 8.65. The first-order valence-electron chi connectivity index (χ1n) is 11.6. The molecule has 2 aliphatic rings. The van der Waals surface area contributed by atoms with Gasteiger partial charge in [-0.3, -0.25) is 14.4 Å². The van der Waals surface area contributed by atoms with Crippen LogP contribution in [0.25, 0.3) is 10.9 Å². The average Bonchev–Trinajstić information content (AvgIpc) is 3.37. The molecule has 0 amide bonds.